The molecular weight excluding hydrogens is 356 g/mol. The number of aryl methyl sites for hydroxylation is 1. The van der Waals surface area contributed by atoms with Crippen molar-refractivity contribution in [2.45, 2.75) is 13.5 Å². The van der Waals surface area contributed by atoms with Gasteiger partial charge in [-0.25, -0.2) is 19.5 Å². The Morgan fingerprint density at radius 2 is 2.15 bits per heavy atom. The molecule has 0 amide bonds. The lowest BCUT2D eigenvalue weighted by molar-refractivity contribution is -0.392. The van der Waals surface area contributed by atoms with Gasteiger partial charge in [0.25, 0.3) is 0 Å². The number of nitrogens with zero attached hydrogens (tertiary/aromatic N) is 5. The van der Waals surface area contributed by atoms with Gasteiger partial charge in [0.15, 0.2) is 11.6 Å². The Bertz CT molecular complexity index is 975. The maximum Gasteiger partial charge on any atom is 0.342 e. The van der Waals surface area contributed by atoms with Gasteiger partial charge >= 0.3 is 5.82 Å². The third-order valence-electron chi connectivity index (χ3n) is 3.61. The smallest absolute Gasteiger partial charge is 0.342 e. The Kier molecular flexibility index (Phi) is 5.34. The highest BCUT2D eigenvalue weighted by molar-refractivity contribution is 7.07. The average molecular weight is 372 g/mol. The first-order valence-electron chi connectivity index (χ1n) is 7.71. The van der Waals surface area contributed by atoms with Gasteiger partial charge in [-0.15, -0.1) is 11.3 Å². The second kappa shape index (κ2) is 7.85. The van der Waals surface area contributed by atoms with Crippen LogP contribution in [0.1, 0.15) is 5.82 Å². The van der Waals surface area contributed by atoms with Crippen molar-refractivity contribution in [2.75, 3.05) is 6.61 Å². The predicted molar refractivity (Wildman–Crippen MR) is 97.9 cm³/mol. The second-order valence-corrected chi connectivity index (χ2v) is 5.99. The molecule has 26 heavy (non-hydrogen) atoms. The molecule has 9 nitrogen and oxygen atoms in total. The number of aromatic nitrogens is 5. The lowest BCUT2D eigenvalue weighted by Gasteiger charge is -1.98. The van der Waals surface area contributed by atoms with Crippen molar-refractivity contribution in [1.29, 1.82) is 0 Å². The zero-order valence-electron chi connectivity index (χ0n) is 13.9. The number of fused-ring (bicyclic) bond motifs is 1. The van der Waals surface area contributed by atoms with Gasteiger partial charge in [-0.05, 0) is 17.1 Å². The van der Waals surface area contributed by atoms with Crippen LogP contribution in [0.2, 0.25) is 0 Å². The standard InChI is InChI=1S/C10H7N3S.C6H9N3O3/c1-2-4-8-7(3-1)12-10(13-8)9-5-14-6-11-9;1-5-7-4-6(9(11)12)8(5)2-3-10/h1-6H,(H,12,13);4,10H,2-3H2,1H3. The van der Waals surface area contributed by atoms with E-state index in [9.17, 15) is 10.1 Å². The van der Waals surface area contributed by atoms with Crippen molar-refractivity contribution < 1.29 is 10.0 Å². The fourth-order valence-corrected chi connectivity index (χ4v) is 2.92. The molecule has 2 N–H and O–H groups in total. The van der Waals surface area contributed by atoms with E-state index in [1.165, 1.54) is 10.8 Å². The van der Waals surface area contributed by atoms with Crippen LogP contribution in [-0.4, -0.2) is 41.1 Å². The van der Waals surface area contributed by atoms with Gasteiger partial charge in [-0.1, -0.05) is 12.1 Å². The number of nitro groups is 1. The SMILES string of the molecule is Cc1ncc([N+](=O)[O-])n1CCO.c1ccc2[nH]c(-c3cscn3)nc2c1. The Morgan fingerprint density at radius 1 is 1.35 bits per heavy atom. The molecule has 0 bridgehead atoms. The minimum Gasteiger partial charge on any atom is -0.392 e. The van der Waals surface area contributed by atoms with Gasteiger partial charge in [0.2, 0.25) is 0 Å². The molecule has 3 heterocycles. The normalized spacial score (nSPS) is 10.5. The van der Waals surface area contributed by atoms with Crippen LogP contribution >= 0.6 is 11.3 Å². The molecule has 0 fully saturated rings. The Balaban J connectivity index is 0.000000153. The molecule has 1 aromatic carbocycles. The number of thiazole rings is 1. The van der Waals surface area contributed by atoms with Crippen molar-refractivity contribution in [3.63, 3.8) is 0 Å². The summed E-state index contributed by atoms with van der Waals surface area (Å²) in [5.41, 5.74) is 4.75. The molecular formula is C16H16N6O3S. The van der Waals surface area contributed by atoms with E-state index in [1.54, 1.807) is 18.3 Å². The van der Waals surface area contributed by atoms with Gasteiger partial charge in [-0.2, -0.15) is 0 Å². The van der Waals surface area contributed by atoms with Crippen molar-refractivity contribution in [3.05, 3.63) is 57.3 Å². The highest BCUT2D eigenvalue weighted by Gasteiger charge is 2.15. The summed E-state index contributed by atoms with van der Waals surface area (Å²) in [4.78, 5) is 25.5. The number of imidazole rings is 2. The zero-order valence-corrected chi connectivity index (χ0v) is 14.7. The number of aliphatic hydroxyl groups excluding tert-OH is 1. The molecule has 3 aromatic heterocycles. The maximum atomic E-state index is 10.4. The zero-order chi connectivity index (χ0) is 18.5. The van der Waals surface area contributed by atoms with E-state index in [4.69, 9.17) is 5.11 Å². The fourth-order valence-electron chi connectivity index (χ4n) is 2.38. The summed E-state index contributed by atoms with van der Waals surface area (Å²) < 4.78 is 1.36. The van der Waals surface area contributed by atoms with Gasteiger partial charge in [0.05, 0.1) is 23.2 Å². The van der Waals surface area contributed by atoms with Crippen LogP contribution in [0.25, 0.3) is 22.6 Å². The summed E-state index contributed by atoms with van der Waals surface area (Å²) in [7, 11) is 0. The van der Waals surface area contributed by atoms with Crippen LogP contribution in [0.15, 0.2) is 41.4 Å². The number of aromatic amines is 1. The lowest BCUT2D eigenvalue weighted by Crippen LogP contribution is -2.07. The van der Waals surface area contributed by atoms with E-state index in [2.05, 4.69) is 19.9 Å². The third kappa shape index (κ3) is 3.76. The highest BCUT2D eigenvalue weighted by Crippen LogP contribution is 2.19. The molecule has 0 saturated heterocycles. The summed E-state index contributed by atoms with van der Waals surface area (Å²) in [6.45, 7) is 1.74. The number of H-pyrrole nitrogens is 1. The molecule has 0 radical (unpaired) electrons. The van der Waals surface area contributed by atoms with E-state index in [0.717, 1.165) is 22.6 Å². The molecule has 0 saturated carbocycles. The Labute approximate surface area is 152 Å². The number of aliphatic hydroxyl groups is 1. The van der Waals surface area contributed by atoms with Crippen LogP contribution < -0.4 is 0 Å². The van der Waals surface area contributed by atoms with E-state index >= 15 is 0 Å². The minimum atomic E-state index is -0.518. The number of hydrogen-bond donors (Lipinski definition) is 2. The number of rotatable bonds is 4. The summed E-state index contributed by atoms with van der Waals surface area (Å²) in [6, 6.07) is 7.97. The Morgan fingerprint density at radius 3 is 2.81 bits per heavy atom. The molecule has 0 aliphatic rings. The first kappa shape index (κ1) is 17.7. The van der Waals surface area contributed by atoms with Crippen LogP contribution in [0, 0.1) is 17.0 Å². The van der Waals surface area contributed by atoms with Crippen molar-refractivity contribution in [3.8, 4) is 11.5 Å². The first-order chi connectivity index (χ1) is 12.6. The second-order valence-electron chi connectivity index (χ2n) is 5.27. The number of hydrogen-bond acceptors (Lipinski definition) is 7. The van der Waals surface area contributed by atoms with Gasteiger partial charge in [0.1, 0.15) is 18.4 Å². The molecule has 0 aliphatic heterocycles. The van der Waals surface area contributed by atoms with E-state index in [0.29, 0.717) is 5.82 Å². The van der Waals surface area contributed by atoms with Gasteiger partial charge in [0, 0.05) is 12.3 Å². The van der Waals surface area contributed by atoms with Crippen molar-refractivity contribution in [1.82, 2.24) is 24.5 Å². The monoisotopic (exact) mass is 372 g/mol. The topological polar surface area (TPSA) is 123 Å². The molecule has 0 aliphatic carbocycles. The predicted octanol–water partition coefficient (Wildman–Crippen LogP) is 2.78. The molecule has 0 unspecified atom stereocenters. The summed E-state index contributed by atoms with van der Waals surface area (Å²) >= 11 is 1.57. The molecule has 10 heteroatoms. The number of benzene rings is 1. The number of nitrogens with one attached hydrogen (secondary N) is 1. The highest BCUT2D eigenvalue weighted by atomic mass is 32.1. The number of para-hydroxylation sites is 2. The van der Waals surface area contributed by atoms with Crippen molar-refractivity contribution in [2.24, 2.45) is 0 Å². The van der Waals surface area contributed by atoms with Crippen LogP contribution in [0.5, 0.6) is 0 Å². The minimum absolute atomic E-state index is 0.0819. The van der Waals surface area contributed by atoms with Crippen LogP contribution in [0.3, 0.4) is 0 Å². The van der Waals surface area contributed by atoms with E-state index < -0.39 is 4.92 Å². The summed E-state index contributed by atoms with van der Waals surface area (Å²) in [5.74, 6) is 1.30. The van der Waals surface area contributed by atoms with Crippen LogP contribution in [-0.2, 0) is 6.54 Å². The van der Waals surface area contributed by atoms with Crippen molar-refractivity contribution >= 4 is 28.2 Å². The Hall–Kier alpha value is -3.11. The maximum absolute atomic E-state index is 10.4. The van der Waals surface area contributed by atoms with Gasteiger partial charge in [-0.3, -0.25) is 0 Å². The third-order valence-corrected chi connectivity index (χ3v) is 4.20. The summed E-state index contributed by atoms with van der Waals surface area (Å²) in [6.07, 6.45) is 1.19. The first-order valence-corrected chi connectivity index (χ1v) is 8.65. The van der Waals surface area contributed by atoms with Crippen LogP contribution in [0.4, 0.5) is 5.82 Å². The summed E-state index contributed by atoms with van der Waals surface area (Å²) in [5, 5.41) is 21.0. The van der Waals surface area contributed by atoms with Gasteiger partial charge < -0.3 is 20.2 Å². The quantitative estimate of drug-likeness (QED) is 0.419. The van der Waals surface area contributed by atoms with E-state index in [-0.39, 0.29) is 19.0 Å². The lowest BCUT2D eigenvalue weighted by atomic mass is 10.3. The largest absolute Gasteiger partial charge is 0.392 e. The average Bonchev–Trinajstić information content (AvgIpc) is 3.35. The molecule has 4 aromatic rings. The molecule has 0 atom stereocenters. The molecule has 4 rings (SSSR count). The molecule has 134 valence electrons. The molecule has 0 spiro atoms. The van der Waals surface area contributed by atoms with E-state index in [1.807, 2.05) is 35.2 Å². The fraction of sp³-hybridized carbons (Fsp3) is 0.188.